The third-order valence-electron chi connectivity index (χ3n) is 6.54. The van der Waals surface area contributed by atoms with Gasteiger partial charge in [-0.15, -0.1) is 0 Å². The molecule has 0 fully saturated rings. The maximum atomic E-state index is 12.6. The van der Waals surface area contributed by atoms with E-state index in [-0.39, 0.29) is 133 Å². The number of rotatable bonds is 11. The molecule has 0 aliphatic rings. The molecule has 4 aromatic carbocycles. The molecule has 0 aromatic heterocycles. The van der Waals surface area contributed by atoms with Crippen LogP contribution in [0.4, 0.5) is 0 Å². The van der Waals surface area contributed by atoms with Gasteiger partial charge in [0, 0.05) is 44.8 Å². The third kappa shape index (κ3) is 8.68. The van der Waals surface area contributed by atoms with Gasteiger partial charge in [0.2, 0.25) is 0 Å². The van der Waals surface area contributed by atoms with E-state index in [4.69, 9.17) is 4.74 Å². The molecule has 216 valence electrons. The molecule has 4 aromatic rings. The molecule has 4 rings (SSSR count). The number of hydrogen-bond acceptors (Lipinski definition) is 8. The standard InChI is InChI=1S/C25H26O11S3.3Na.3H/c1-2-3-4-5-6-7-8-23(26)36-19-13-20(37(27,28)29)16-11-12-18-22(39(33,34)35)14-21(38(30,31)32)17-10-9-15(19)24(16)25(17)18;;;;;;/h9-14H,2-8H2,1H3,(H,27,28,29)(H,30,31,32)(H,33,34,35);;;;;;. The van der Waals surface area contributed by atoms with Gasteiger partial charge in [-0.2, -0.15) is 25.3 Å². The Labute approximate surface area is 310 Å². The first-order valence-electron chi connectivity index (χ1n) is 12.1. The Hall–Kier alpha value is 0.120. The van der Waals surface area contributed by atoms with Crippen LogP contribution in [0.5, 0.6) is 5.75 Å². The average Bonchev–Trinajstić information content (AvgIpc) is 2.82. The summed E-state index contributed by atoms with van der Waals surface area (Å²) in [6, 6.07) is 6.43. The van der Waals surface area contributed by atoms with E-state index >= 15 is 0 Å². The summed E-state index contributed by atoms with van der Waals surface area (Å²) in [5, 5.41) is -0.593. The zero-order chi connectivity index (χ0) is 28.8. The van der Waals surface area contributed by atoms with E-state index in [0.717, 1.165) is 44.2 Å². The van der Waals surface area contributed by atoms with Crippen molar-refractivity contribution in [1.82, 2.24) is 0 Å². The van der Waals surface area contributed by atoms with E-state index < -0.39 is 51.0 Å². The molecule has 0 amide bonds. The normalized spacial score (nSPS) is 12.1. The SMILES string of the molecule is CCCCCCCCC(=O)Oc1cc(S(=O)(=O)O)c2ccc3c(S(=O)(=O)O)cc(S(=O)(=O)O)c4ccc1c2c43.[NaH].[NaH].[NaH]. The molecule has 0 bridgehead atoms. The van der Waals surface area contributed by atoms with Crippen LogP contribution < -0.4 is 4.74 Å². The topological polar surface area (TPSA) is 189 Å². The number of benzene rings is 4. The van der Waals surface area contributed by atoms with Gasteiger partial charge in [-0.3, -0.25) is 18.5 Å². The van der Waals surface area contributed by atoms with E-state index in [1.807, 2.05) is 0 Å². The van der Waals surface area contributed by atoms with Gasteiger partial charge in [0.1, 0.15) is 20.4 Å². The fourth-order valence-electron chi connectivity index (χ4n) is 4.81. The van der Waals surface area contributed by atoms with Crippen molar-refractivity contribution in [3.05, 3.63) is 36.4 Å². The molecule has 0 saturated heterocycles. The Morgan fingerprint density at radius 2 is 1.00 bits per heavy atom. The first-order valence-corrected chi connectivity index (χ1v) is 16.4. The Balaban J connectivity index is 0.00000294. The fourth-order valence-corrected chi connectivity index (χ4v) is 7.02. The zero-order valence-corrected chi connectivity index (χ0v) is 23.2. The van der Waals surface area contributed by atoms with Crippen molar-refractivity contribution in [1.29, 1.82) is 0 Å². The van der Waals surface area contributed by atoms with Crippen molar-refractivity contribution in [3.8, 4) is 5.75 Å². The summed E-state index contributed by atoms with van der Waals surface area (Å²) < 4.78 is 108. The Morgan fingerprint density at radius 1 is 0.619 bits per heavy atom. The first-order chi connectivity index (χ1) is 18.1. The molecule has 0 radical (unpaired) electrons. The summed E-state index contributed by atoms with van der Waals surface area (Å²) in [5.41, 5.74) is 0. The van der Waals surface area contributed by atoms with E-state index in [1.54, 1.807) is 0 Å². The molecule has 42 heavy (non-hydrogen) atoms. The molecule has 0 spiro atoms. The van der Waals surface area contributed by atoms with Gasteiger partial charge >= 0.3 is 94.6 Å². The number of ether oxygens (including phenoxy) is 1. The van der Waals surface area contributed by atoms with E-state index in [2.05, 4.69) is 6.92 Å². The summed E-state index contributed by atoms with van der Waals surface area (Å²) in [6.45, 7) is 2.09. The quantitative estimate of drug-likeness (QED) is 0.0531. The summed E-state index contributed by atoms with van der Waals surface area (Å²) >= 11 is 0. The Kier molecular flexibility index (Phi) is 14.9. The van der Waals surface area contributed by atoms with Crippen LogP contribution in [0.2, 0.25) is 0 Å². The van der Waals surface area contributed by atoms with Crippen LogP contribution in [0, 0.1) is 0 Å². The van der Waals surface area contributed by atoms with E-state index in [9.17, 15) is 43.7 Å². The second-order valence-corrected chi connectivity index (χ2v) is 13.4. The van der Waals surface area contributed by atoms with Crippen LogP contribution in [-0.4, -0.2) is 134 Å². The molecule has 0 heterocycles. The first kappa shape index (κ1) is 40.1. The van der Waals surface area contributed by atoms with Crippen LogP contribution in [0.3, 0.4) is 0 Å². The number of carbonyl (C=O) groups is 1. The van der Waals surface area contributed by atoms with Crippen molar-refractivity contribution in [2.75, 3.05) is 0 Å². The molecular formula is C25H29Na3O11S3. The number of hydrogen-bond donors (Lipinski definition) is 3. The second-order valence-electron chi connectivity index (χ2n) is 9.23. The van der Waals surface area contributed by atoms with Crippen LogP contribution in [-0.2, 0) is 35.1 Å². The molecule has 0 saturated carbocycles. The van der Waals surface area contributed by atoms with Gasteiger partial charge in [0.15, 0.2) is 0 Å². The average molecular weight is 671 g/mol. The molecule has 17 heteroatoms. The van der Waals surface area contributed by atoms with Crippen molar-refractivity contribution in [2.45, 2.75) is 66.6 Å². The second kappa shape index (κ2) is 15.6. The molecule has 0 aliphatic heterocycles. The van der Waals surface area contributed by atoms with Crippen LogP contribution in [0.1, 0.15) is 51.9 Å². The number of unbranched alkanes of at least 4 members (excludes halogenated alkanes) is 5. The zero-order valence-electron chi connectivity index (χ0n) is 20.7. The van der Waals surface area contributed by atoms with Crippen LogP contribution in [0.15, 0.2) is 51.1 Å². The van der Waals surface area contributed by atoms with Gasteiger partial charge in [0.05, 0.1) is 0 Å². The van der Waals surface area contributed by atoms with E-state index in [1.165, 1.54) is 18.2 Å². The molecule has 0 atom stereocenters. The summed E-state index contributed by atoms with van der Waals surface area (Å²) in [6.07, 6.45) is 5.51. The van der Waals surface area contributed by atoms with Gasteiger partial charge in [-0.25, -0.2) is 0 Å². The fraction of sp³-hybridized carbons (Fsp3) is 0.320. The maximum absolute atomic E-state index is 12.6. The molecular weight excluding hydrogens is 641 g/mol. The van der Waals surface area contributed by atoms with Crippen LogP contribution in [0.25, 0.3) is 32.3 Å². The van der Waals surface area contributed by atoms with Gasteiger partial charge in [-0.05, 0) is 18.6 Å². The van der Waals surface area contributed by atoms with Gasteiger partial charge < -0.3 is 4.74 Å². The predicted octanol–water partition coefficient (Wildman–Crippen LogP) is 3.03. The van der Waals surface area contributed by atoms with Crippen molar-refractivity contribution >= 4 is 157 Å². The summed E-state index contributed by atoms with van der Waals surface area (Å²) in [5.74, 6) is -0.926. The summed E-state index contributed by atoms with van der Waals surface area (Å²) in [4.78, 5) is 10.3. The minimum absolute atomic E-state index is 0. The Bertz CT molecular complexity index is 1870. The molecule has 0 unspecified atom stereocenters. The third-order valence-corrected chi connectivity index (χ3v) is 9.22. The Morgan fingerprint density at radius 3 is 1.45 bits per heavy atom. The van der Waals surface area contributed by atoms with Crippen molar-refractivity contribution in [2.24, 2.45) is 0 Å². The van der Waals surface area contributed by atoms with Crippen molar-refractivity contribution in [3.63, 3.8) is 0 Å². The number of esters is 1. The molecule has 3 N–H and O–H groups in total. The van der Waals surface area contributed by atoms with Gasteiger partial charge in [-0.1, -0.05) is 57.2 Å². The van der Waals surface area contributed by atoms with E-state index in [0.29, 0.717) is 12.5 Å². The predicted molar refractivity (Wildman–Crippen MR) is 165 cm³/mol. The monoisotopic (exact) mass is 670 g/mol. The van der Waals surface area contributed by atoms with Crippen LogP contribution >= 0.6 is 0 Å². The summed E-state index contributed by atoms with van der Waals surface area (Å²) in [7, 11) is -15.0. The number of carbonyl (C=O) groups excluding carboxylic acids is 1. The van der Waals surface area contributed by atoms with Gasteiger partial charge in [0.25, 0.3) is 30.4 Å². The minimum atomic E-state index is -5.03. The van der Waals surface area contributed by atoms with Crippen molar-refractivity contribution < 1.29 is 48.4 Å². The molecule has 0 aliphatic carbocycles. The molecule has 11 nitrogen and oxygen atoms in total.